The van der Waals surface area contributed by atoms with Crippen LogP contribution < -0.4 is 5.32 Å². The van der Waals surface area contributed by atoms with Gasteiger partial charge in [-0.1, -0.05) is 212 Å². The van der Waals surface area contributed by atoms with Gasteiger partial charge in [-0.3, -0.25) is 9.59 Å². The molecule has 3 N–H and O–H groups in total. The Morgan fingerprint density at radius 3 is 1.24 bits per heavy atom. The molecule has 0 bridgehead atoms. The average Bonchev–Trinajstić information content (AvgIpc) is 3.24. The van der Waals surface area contributed by atoms with E-state index >= 15 is 0 Å². The largest absolute Gasteiger partial charge is 0.466 e. The number of hydrogen-bond acceptors (Lipinski definition) is 5. The fraction of sp³-hybridized carbons (Fsp3) is 0.887. The molecule has 2 atom stereocenters. The van der Waals surface area contributed by atoms with Crippen LogP contribution in [-0.4, -0.2) is 47.4 Å². The van der Waals surface area contributed by atoms with Gasteiger partial charge in [-0.25, -0.2) is 0 Å². The third kappa shape index (κ3) is 45.7. The first-order chi connectivity index (χ1) is 29.0. The van der Waals surface area contributed by atoms with Crippen LogP contribution in [0.3, 0.4) is 0 Å². The van der Waals surface area contributed by atoms with Crippen LogP contribution in [0.1, 0.15) is 277 Å². The standard InChI is InChI=1S/C53H101NO5/c1-3-5-7-9-11-13-15-17-18-19-20-21-22-23-25-29-33-37-41-45-51(56)50(49-55)54-52(57)46-42-38-34-30-26-24-28-32-36-40-44-48-59-53(58)47-43-39-35-31-27-16-14-12-10-8-6-4-2/h12,14,28,32,50-51,55-56H,3-11,13,15-27,29-31,33-49H2,1-2H3,(H,54,57)/b14-12-,32-28-. The molecule has 0 rings (SSSR count). The molecule has 0 aliphatic carbocycles. The zero-order valence-electron chi connectivity index (χ0n) is 39.5. The number of esters is 1. The van der Waals surface area contributed by atoms with Gasteiger partial charge in [0.15, 0.2) is 0 Å². The van der Waals surface area contributed by atoms with E-state index < -0.39 is 12.1 Å². The van der Waals surface area contributed by atoms with Gasteiger partial charge in [-0.2, -0.15) is 0 Å². The molecule has 0 saturated carbocycles. The van der Waals surface area contributed by atoms with Crippen LogP contribution in [0.2, 0.25) is 0 Å². The molecule has 0 aromatic carbocycles. The lowest BCUT2D eigenvalue weighted by Crippen LogP contribution is -2.45. The molecule has 348 valence electrons. The summed E-state index contributed by atoms with van der Waals surface area (Å²) in [4.78, 5) is 24.4. The molecule has 0 fully saturated rings. The number of hydrogen-bond donors (Lipinski definition) is 3. The molecular weight excluding hydrogens is 731 g/mol. The maximum absolute atomic E-state index is 12.5. The zero-order valence-corrected chi connectivity index (χ0v) is 39.5. The van der Waals surface area contributed by atoms with Gasteiger partial charge in [-0.15, -0.1) is 0 Å². The molecule has 2 unspecified atom stereocenters. The Morgan fingerprint density at radius 2 is 0.797 bits per heavy atom. The first-order valence-electron chi connectivity index (χ1n) is 26.1. The first kappa shape index (κ1) is 57.3. The summed E-state index contributed by atoms with van der Waals surface area (Å²) in [6.45, 7) is 4.85. The number of carbonyl (C=O) groups excluding carboxylic acids is 2. The molecule has 0 radical (unpaired) electrons. The Kier molecular flexibility index (Phi) is 47.6. The molecule has 1 amide bonds. The van der Waals surface area contributed by atoms with Crippen molar-refractivity contribution in [2.45, 2.75) is 289 Å². The van der Waals surface area contributed by atoms with Crippen molar-refractivity contribution in [3.63, 3.8) is 0 Å². The summed E-state index contributed by atoms with van der Waals surface area (Å²) < 4.78 is 5.42. The lowest BCUT2D eigenvalue weighted by molar-refractivity contribution is -0.143. The van der Waals surface area contributed by atoms with Gasteiger partial charge in [0.2, 0.25) is 5.91 Å². The minimum atomic E-state index is -0.683. The monoisotopic (exact) mass is 832 g/mol. The third-order valence-corrected chi connectivity index (χ3v) is 12.0. The molecular formula is C53H101NO5. The van der Waals surface area contributed by atoms with E-state index in [-0.39, 0.29) is 18.5 Å². The number of aliphatic hydroxyl groups excluding tert-OH is 2. The van der Waals surface area contributed by atoms with Crippen molar-refractivity contribution >= 4 is 11.9 Å². The second-order valence-electron chi connectivity index (χ2n) is 17.8. The van der Waals surface area contributed by atoms with Crippen LogP contribution in [-0.2, 0) is 14.3 Å². The number of amides is 1. The molecule has 0 aromatic rings. The van der Waals surface area contributed by atoms with E-state index in [0.717, 1.165) is 83.5 Å². The number of aliphatic hydroxyl groups is 2. The molecule has 0 spiro atoms. The maximum atomic E-state index is 12.5. The van der Waals surface area contributed by atoms with Crippen LogP contribution in [0.4, 0.5) is 0 Å². The van der Waals surface area contributed by atoms with Crippen molar-refractivity contribution in [2.24, 2.45) is 0 Å². The zero-order chi connectivity index (χ0) is 43.0. The van der Waals surface area contributed by atoms with Crippen LogP contribution in [0, 0.1) is 0 Å². The Labute approximate surface area is 367 Å². The lowest BCUT2D eigenvalue weighted by Gasteiger charge is -2.22. The van der Waals surface area contributed by atoms with Crippen LogP contribution >= 0.6 is 0 Å². The first-order valence-corrected chi connectivity index (χ1v) is 26.1. The van der Waals surface area contributed by atoms with Crippen molar-refractivity contribution in [3.8, 4) is 0 Å². The number of unbranched alkanes of at least 4 members (excludes halogenated alkanes) is 33. The summed E-state index contributed by atoms with van der Waals surface area (Å²) in [5.74, 6) is -0.104. The Morgan fingerprint density at radius 1 is 0.458 bits per heavy atom. The molecule has 0 aliphatic rings. The minimum absolute atomic E-state index is 0.0411. The van der Waals surface area contributed by atoms with Crippen LogP contribution in [0.5, 0.6) is 0 Å². The predicted octanol–water partition coefficient (Wildman–Crippen LogP) is 15.5. The van der Waals surface area contributed by atoms with Gasteiger partial charge in [0.25, 0.3) is 0 Å². The van der Waals surface area contributed by atoms with Gasteiger partial charge >= 0.3 is 5.97 Å². The number of rotatable bonds is 48. The van der Waals surface area contributed by atoms with Crippen molar-refractivity contribution in [1.82, 2.24) is 5.32 Å². The highest BCUT2D eigenvalue weighted by Gasteiger charge is 2.20. The smallest absolute Gasteiger partial charge is 0.305 e. The van der Waals surface area contributed by atoms with E-state index in [1.54, 1.807) is 0 Å². The highest BCUT2D eigenvalue weighted by Crippen LogP contribution is 2.16. The highest BCUT2D eigenvalue weighted by molar-refractivity contribution is 5.76. The van der Waals surface area contributed by atoms with Crippen molar-refractivity contribution in [3.05, 3.63) is 24.3 Å². The molecule has 0 heterocycles. The second kappa shape index (κ2) is 49.0. The number of carbonyl (C=O) groups is 2. The van der Waals surface area contributed by atoms with Gasteiger partial charge < -0.3 is 20.3 Å². The summed E-state index contributed by atoms with van der Waals surface area (Å²) in [7, 11) is 0. The van der Waals surface area contributed by atoms with Gasteiger partial charge in [0.1, 0.15) is 0 Å². The Bertz CT molecular complexity index is 920. The quantitative estimate of drug-likeness (QED) is 0.0322. The van der Waals surface area contributed by atoms with Crippen molar-refractivity contribution in [1.29, 1.82) is 0 Å². The molecule has 59 heavy (non-hydrogen) atoms. The van der Waals surface area contributed by atoms with E-state index in [1.807, 2.05) is 0 Å². The SMILES string of the molecule is CCCCC/C=C\CCCCCCCC(=O)OCCCC/C=C\CCCCCCCC(=O)NC(CO)C(O)CCCCCCCCCCCCCCCCCCCCC. The Balaban J connectivity index is 3.52. The Hall–Kier alpha value is -1.66. The molecule has 6 nitrogen and oxygen atoms in total. The topological polar surface area (TPSA) is 95.9 Å². The molecule has 0 aliphatic heterocycles. The van der Waals surface area contributed by atoms with Gasteiger partial charge in [0.05, 0.1) is 25.4 Å². The predicted molar refractivity (Wildman–Crippen MR) is 255 cm³/mol. The summed E-state index contributed by atoms with van der Waals surface area (Å²) in [5.41, 5.74) is 0. The van der Waals surface area contributed by atoms with Crippen LogP contribution in [0.25, 0.3) is 0 Å². The number of allylic oxidation sites excluding steroid dienone is 4. The fourth-order valence-electron chi connectivity index (χ4n) is 7.92. The number of ether oxygens (including phenoxy) is 1. The molecule has 6 heteroatoms. The third-order valence-electron chi connectivity index (χ3n) is 12.0. The van der Waals surface area contributed by atoms with E-state index in [4.69, 9.17) is 4.74 Å². The minimum Gasteiger partial charge on any atom is -0.466 e. The maximum Gasteiger partial charge on any atom is 0.305 e. The fourth-order valence-corrected chi connectivity index (χ4v) is 7.92. The average molecular weight is 832 g/mol. The molecule has 0 saturated heterocycles. The van der Waals surface area contributed by atoms with Gasteiger partial charge in [0, 0.05) is 12.8 Å². The van der Waals surface area contributed by atoms with E-state index in [2.05, 4.69) is 43.5 Å². The lowest BCUT2D eigenvalue weighted by atomic mass is 10.0. The normalized spacial score (nSPS) is 12.8. The number of nitrogens with one attached hydrogen (secondary N) is 1. The summed E-state index contributed by atoms with van der Waals surface area (Å²) in [5, 5.41) is 23.2. The highest BCUT2D eigenvalue weighted by atomic mass is 16.5. The van der Waals surface area contributed by atoms with Gasteiger partial charge in [-0.05, 0) is 77.0 Å². The van der Waals surface area contributed by atoms with Crippen molar-refractivity contribution in [2.75, 3.05) is 13.2 Å². The van der Waals surface area contributed by atoms with E-state index in [1.165, 1.54) is 161 Å². The van der Waals surface area contributed by atoms with Crippen molar-refractivity contribution < 1.29 is 24.5 Å². The van der Waals surface area contributed by atoms with Crippen LogP contribution in [0.15, 0.2) is 24.3 Å². The summed E-state index contributed by atoms with van der Waals surface area (Å²) >= 11 is 0. The summed E-state index contributed by atoms with van der Waals surface area (Å²) in [6.07, 6.45) is 57.2. The second-order valence-corrected chi connectivity index (χ2v) is 17.8. The van der Waals surface area contributed by atoms with E-state index in [0.29, 0.717) is 25.9 Å². The molecule has 0 aromatic heterocycles. The van der Waals surface area contributed by atoms with E-state index in [9.17, 15) is 19.8 Å². The summed E-state index contributed by atoms with van der Waals surface area (Å²) in [6, 6.07) is -0.563.